The minimum Gasteiger partial charge on any atom is -0.388 e. The average Bonchev–Trinajstić information content (AvgIpc) is 2.64. The van der Waals surface area contributed by atoms with Crippen LogP contribution in [0.2, 0.25) is 0 Å². The van der Waals surface area contributed by atoms with E-state index in [0.29, 0.717) is 13.0 Å². The number of hydrogen-bond donors (Lipinski definition) is 1. The Hall–Kier alpha value is -1.00. The molecule has 1 N–H and O–H groups in total. The van der Waals surface area contributed by atoms with Crippen LogP contribution in [0.15, 0.2) is 18.2 Å². The second-order valence-corrected chi connectivity index (χ2v) is 4.25. The molecule has 1 aliphatic rings. The maximum absolute atomic E-state index is 13.4. The van der Waals surface area contributed by atoms with Crippen molar-refractivity contribution in [1.82, 2.24) is 0 Å². The molecule has 1 aromatic rings. The fourth-order valence-corrected chi connectivity index (χ4v) is 2.07. The fraction of sp³-hybridized carbons (Fsp3) is 0.500. The van der Waals surface area contributed by atoms with Crippen LogP contribution in [0, 0.1) is 17.6 Å². The SMILES string of the molecule is CC1CC(C(O)c2ccc(F)cc2F)CO1. The van der Waals surface area contributed by atoms with Crippen LogP contribution in [-0.4, -0.2) is 17.8 Å². The molecule has 2 nitrogen and oxygen atoms in total. The molecule has 0 aliphatic carbocycles. The van der Waals surface area contributed by atoms with E-state index in [1.54, 1.807) is 0 Å². The van der Waals surface area contributed by atoms with Gasteiger partial charge in [-0.05, 0) is 19.4 Å². The lowest BCUT2D eigenvalue weighted by Gasteiger charge is -2.17. The van der Waals surface area contributed by atoms with Gasteiger partial charge in [0.15, 0.2) is 0 Å². The van der Waals surface area contributed by atoms with Crippen molar-refractivity contribution in [2.24, 2.45) is 5.92 Å². The zero-order valence-corrected chi connectivity index (χ0v) is 8.99. The molecular formula is C12H14F2O2. The van der Waals surface area contributed by atoms with Gasteiger partial charge in [0, 0.05) is 17.5 Å². The molecule has 0 saturated carbocycles. The molecule has 3 unspecified atom stereocenters. The normalized spacial score (nSPS) is 27.0. The van der Waals surface area contributed by atoms with Crippen LogP contribution in [0.4, 0.5) is 8.78 Å². The van der Waals surface area contributed by atoms with Crippen molar-refractivity contribution in [1.29, 1.82) is 0 Å². The summed E-state index contributed by atoms with van der Waals surface area (Å²) in [5, 5.41) is 9.97. The van der Waals surface area contributed by atoms with Gasteiger partial charge in [0.1, 0.15) is 11.6 Å². The van der Waals surface area contributed by atoms with Crippen molar-refractivity contribution in [3.05, 3.63) is 35.4 Å². The highest BCUT2D eigenvalue weighted by Gasteiger charge is 2.30. The van der Waals surface area contributed by atoms with E-state index in [9.17, 15) is 13.9 Å². The van der Waals surface area contributed by atoms with Crippen LogP contribution in [0.25, 0.3) is 0 Å². The lowest BCUT2D eigenvalue weighted by Crippen LogP contribution is -2.14. The molecular weight excluding hydrogens is 214 g/mol. The van der Waals surface area contributed by atoms with Gasteiger partial charge >= 0.3 is 0 Å². The highest BCUT2D eigenvalue weighted by molar-refractivity contribution is 5.21. The molecule has 0 bridgehead atoms. The van der Waals surface area contributed by atoms with E-state index in [-0.39, 0.29) is 17.6 Å². The lowest BCUT2D eigenvalue weighted by atomic mass is 9.93. The summed E-state index contributed by atoms with van der Waals surface area (Å²) in [6.45, 7) is 2.33. The van der Waals surface area contributed by atoms with Crippen LogP contribution in [0.5, 0.6) is 0 Å². The number of aliphatic hydroxyl groups excluding tert-OH is 1. The smallest absolute Gasteiger partial charge is 0.131 e. The Kier molecular flexibility index (Phi) is 3.21. The topological polar surface area (TPSA) is 29.5 Å². The molecule has 1 aromatic carbocycles. The van der Waals surface area contributed by atoms with Gasteiger partial charge in [0.05, 0.1) is 18.8 Å². The Morgan fingerprint density at radius 3 is 2.75 bits per heavy atom. The van der Waals surface area contributed by atoms with Gasteiger partial charge in [0.25, 0.3) is 0 Å². The zero-order chi connectivity index (χ0) is 11.7. The molecule has 3 atom stereocenters. The average molecular weight is 228 g/mol. The molecule has 4 heteroatoms. The van der Waals surface area contributed by atoms with Gasteiger partial charge in [-0.2, -0.15) is 0 Å². The van der Waals surface area contributed by atoms with E-state index in [0.717, 1.165) is 12.1 Å². The summed E-state index contributed by atoms with van der Waals surface area (Å²) in [6.07, 6.45) is -0.147. The first-order valence-electron chi connectivity index (χ1n) is 5.32. The van der Waals surface area contributed by atoms with Crippen molar-refractivity contribution in [3.8, 4) is 0 Å². The first kappa shape index (κ1) is 11.5. The number of ether oxygens (including phenoxy) is 1. The Labute approximate surface area is 92.9 Å². The number of hydrogen-bond acceptors (Lipinski definition) is 2. The molecule has 1 heterocycles. The maximum atomic E-state index is 13.4. The third-order valence-electron chi connectivity index (χ3n) is 2.96. The van der Waals surface area contributed by atoms with Gasteiger partial charge in [-0.1, -0.05) is 6.07 Å². The maximum Gasteiger partial charge on any atom is 0.131 e. The molecule has 0 amide bonds. The van der Waals surface area contributed by atoms with E-state index in [1.165, 1.54) is 6.07 Å². The molecule has 1 saturated heterocycles. The number of rotatable bonds is 2. The van der Waals surface area contributed by atoms with Crippen LogP contribution in [0.3, 0.4) is 0 Å². The van der Waals surface area contributed by atoms with Crippen molar-refractivity contribution >= 4 is 0 Å². The largest absolute Gasteiger partial charge is 0.388 e. The van der Waals surface area contributed by atoms with E-state index in [4.69, 9.17) is 4.74 Å². The molecule has 0 spiro atoms. The Balaban J connectivity index is 2.17. The summed E-state index contributed by atoms with van der Waals surface area (Å²) in [7, 11) is 0. The molecule has 16 heavy (non-hydrogen) atoms. The first-order valence-corrected chi connectivity index (χ1v) is 5.32. The molecule has 0 aromatic heterocycles. The zero-order valence-electron chi connectivity index (χ0n) is 8.99. The number of halogens is 2. The quantitative estimate of drug-likeness (QED) is 0.842. The summed E-state index contributed by atoms with van der Waals surface area (Å²) in [5.74, 6) is -1.45. The van der Waals surface area contributed by atoms with E-state index >= 15 is 0 Å². The standard InChI is InChI=1S/C12H14F2O2/c1-7-4-8(6-16-7)12(15)10-3-2-9(13)5-11(10)14/h2-3,5,7-8,12,15H,4,6H2,1H3. The van der Waals surface area contributed by atoms with E-state index in [1.807, 2.05) is 6.92 Å². The molecule has 1 fully saturated rings. The van der Waals surface area contributed by atoms with E-state index in [2.05, 4.69) is 0 Å². The second-order valence-electron chi connectivity index (χ2n) is 4.25. The summed E-state index contributed by atoms with van der Waals surface area (Å²) >= 11 is 0. The summed E-state index contributed by atoms with van der Waals surface area (Å²) in [5.41, 5.74) is 0.143. The Morgan fingerprint density at radius 1 is 1.44 bits per heavy atom. The Bertz CT molecular complexity index is 381. The van der Waals surface area contributed by atoms with Gasteiger partial charge in [-0.3, -0.25) is 0 Å². The minimum atomic E-state index is -0.925. The first-order chi connectivity index (χ1) is 7.58. The van der Waals surface area contributed by atoms with Gasteiger partial charge < -0.3 is 9.84 Å². The van der Waals surface area contributed by atoms with Gasteiger partial charge in [-0.25, -0.2) is 8.78 Å². The van der Waals surface area contributed by atoms with Gasteiger partial charge in [-0.15, -0.1) is 0 Å². The molecule has 1 aliphatic heterocycles. The number of benzene rings is 1. The van der Waals surface area contributed by atoms with Crippen molar-refractivity contribution in [2.75, 3.05) is 6.61 Å². The summed E-state index contributed by atoms with van der Waals surface area (Å²) < 4.78 is 31.4. The predicted molar refractivity (Wildman–Crippen MR) is 54.8 cm³/mol. The summed E-state index contributed by atoms with van der Waals surface area (Å²) in [4.78, 5) is 0. The van der Waals surface area contributed by atoms with Crippen molar-refractivity contribution in [2.45, 2.75) is 25.6 Å². The third kappa shape index (κ3) is 2.23. The van der Waals surface area contributed by atoms with Crippen molar-refractivity contribution < 1.29 is 18.6 Å². The summed E-state index contributed by atoms with van der Waals surface area (Å²) in [6, 6.07) is 3.23. The van der Waals surface area contributed by atoms with Crippen molar-refractivity contribution in [3.63, 3.8) is 0 Å². The van der Waals surface area contributed by atoms with Crippen LogP contribution in [-0.2, 0) is 4.74 Å². The fourth-order valence-electron chi connectivity index (χ4n) is 2.07. The highest BCUT2D eigenvalue weighted by atomic mass is 19.1. The molecule has 2 rings (SSSR count). The molecule has 88 valence electrons. The van der Waals surface area contributed by atoms with Crippen LogP contribution >= 0.6 is 0 Å². The minimum absolute atomic E-state index is 0.0863. The third-order valence-corrected chi connectivity index (χ3v) is 2.96. The second kappa shape index (κ2) is 4.47. The van der Waals surface area contributed by atoms with Gasteiger partial charge in [0.2, 0.25) is 0 Å². The lowest BCUT2D eigenvalue weighted by molar-refractivity contribution is 0.0784. The monoisotopic (exact) mass is 228 g/mol. The van der Waals surface area contributed by atoms with Crippen LogP contribution < -0.4 is 0 Å². The van der Waals surface area contributed by atoms with Crippen LogP contribution in [0.1, 0.15) is 25.0 Å². The predicted octanol–water partition coefficient (Wildman–Crippen LogP) is 2.42. The molecule has 0 radical (unpaired) electrons. The number of aliphatic hydroxyl groups is 1. The highest BCUT2D eigenvalue weighted by Crippen LogP contribution is 2.32. The van der Waals surface area contributed by atoms with E-state index < -0.39 is 17.7 Å². The Morgan fingerprint density at radius 2 is 2.19 bits per heavy atom.